The average molecular weight is 325 g/mol. The van der Waals surface area contributed by atoms with Gasteiger partial charge in [0.1, 0.15) is 0 Å². The molecular weight excluding hydrogens is 302 g/mol. The summed E-state index contributed by atoms with van der Waals surface area (Å²) in [6.45, 7) is 4.42. The van der Waals surface area contributed by atoms with Gasteiger partial charge in [0, 0.05) is 6.42 Å². The fraction of sp³-hybridized carbons (Fsp3) is 0.350. The number of hydrogen-bond acceptors (Lipinski definition) is 3. The summed E-state index contributed by atoms with van der Waals surface area (Å²) in [5.41, 5.74) is 3.51. The molecule has 24 heavy (non-hydrogen) atoms. The van der Waals surface area contributed by atoms with E-state index in [0.29, 0.717) is 12.8 Å². The van der Waals surface area contributed by atoms with Crippen LogP contribution in [0.25, 0.3) is 0 Å². The number of rotatable bonds is 6. The van der Waals surface area contributed by atoms with Crippen molar-refractivity contribution in [2.45, 2.75) is 39.2 Å². The predicted octanol–water partition coefficient (Wildman–Crippen LogP) is 3.79. The zero-order chi connectivity index (χ0) is 16.9. The van der Waals surface area contributed by atoms with Crippen molar-refractivity contribution in [2.75, 3.05) is 6.79 Å². The highest BCUT2D eigenvalue weighted by atomic mass is 16.7. The van der Waals surface area contributed by atoms with E-state index >= 15 is 0 Å². The second kappa shape index (κ2) is 7.39. The lowest BCUT2D eigenvalue weighted by Crippen LogP contribution is -2.26. The molecule has 126 valence electrons. The summed E-state index contributed by atoms with van der Waals surface area (Å²) in [6, 6.07) is 14.2. The lowest BCUT2D eigenvalue weighted by atomic mass is 10.0. The maximum absolute atomic E-state index is 12.2. The molecule has 1 heterocycles. The van der Waals surface area contributed by atoms with Gasteiger partial charge in [-0.1, -0.05) is 37.3 Å². The van der Waals surface area contributed by atoms with Gasteiger partial charge in [-0.05, 0) is 48.6 Å². The molecule has 2 aromatic carbocycles. The van der Waals surface area contributed by atoms with Crippen LogP contribution in [0.2, 0.25) is 0 Å². The van der Waals surface area contributed by atoms with E-state index in [2.05, 4.69) is 36.5 Å². The Morgan fingerprint density at radius 2 is 1.79 bits per heavy atom. The second-order valence-corrected chi connectivity index (χ2v) is 6.07. The lowest BCUT2D eigenvalue weighted by molar-refractivity contribution is -0.121. The summed E-state index contributed by atoms with van der Waals surface area (Å²) in [4.78, 5) is 12.2. The van der Waals surface area contributed by atoms with Gasteiger partial charge < -0.3 is 14.8 Å². The Labute approximate surface area is 142 Å². The average Bonchev–Trinajstić information content (AvgIpc) is 3.07. The number of benzene rings is 2. The van der Waals surface area contributed by atoms with Crippen LogP contribution in [-0.4, -0.2) is 12.7 Å². The van der Waals surface area contributed by atoms with Gasteiger partial charge in [-0.2, -0.15) is 0 Å². The van der Waals surface area contributed by atoms with Crippen molar-refractivity contribution < 1.29 is 14.3 Å². The number of carbonyl (C=O) groups excluding carboxylic acids is 1. The van der Waals surface area contributed by atoms with Crippen molar-refractivity contribution >= 4 is 5.91 Å². The molecule has 0 saturated heterocycles. The van der Waals surface area contributed by atoms with Crippen LogP contribution in [0.5, 0.6) is 11.5 Å². The van der Waals surface area contributed by atoms with Crippen molar-refractivity contribution in [2.24, 2.45) is 0 Å². The summed E-state index contributed by atoms with van der Waals surface area (Å²) in [7, 11) is 0. The quantitative estimate of drug-likeness (QED) is 0.879. The molecule has 3 rings (SSSR count). The maximum atomic E-state index is 12.2. The summed E-state index contributed by atoms with van der Waals surface area (Å²) >= 11 is 0. The molecule has 0 fully saturated rings. The van der Waals surface area contributed by atoms with Crippen LogP contribution in [-0.2, 0) is 17.6 Å². The van der Waals surface area contributed by atoms with E-state index in [1.54, 1.807) is 0 Å². The fourth-order valence-electron chi connectivity index (χ4n) is 2.79. The van der Waals surface area contributed by atoms with E-state index in [4.69, 9.17) is 9.47 Å². The Kier molecular flexibility index (Phi) is 5.04. The Morgan fingerprint density at radius 1 is 1.08 bits per heavy atom. The van der Waals surface area contributed by atoms with Crippen LogP contribution >= 0.6 is 0 Å². The third kappa shape index (κ3) is 3.88. The smallest absolute Gasteiger partial charge is 0.231 e. The Balaban J connectivity index is 1.51. The second-order valence-electron chi connectivity index (χ2n) is 6.07. The fourth-order valence-corrected chi connectivity index (χ4v) is 2.79. The molecular formula is C20H23NO3. The van der Waals surface area contributed by atoms with Crippen LogP contribution in [0.1, 0.15) is 43.0 Å². The topological polar surface area (TPSA) is 47.6 Å². The molecule has 1 atom stereocenters. The van der Waals surface area contributed by atoms with Crippen molar-refractivity contribution in [3.63, 3.8) is 0 Å². The van der Waals surface area contributed by atoms with Crippen molar-refractivity contribution in [1.82, 2.24) is 5.32 Å². The highest BCUT2D eigenvalue weighted by Crippen LogP contribution is 2.32. The molecule has 4 heteroatoms. The van der Waals surface area contributed by atoms with Crippen LogP contribution in [0.3, 0.4) is 0 Å². The molecule has 1 aliphatic rings. The maximum Gasteiger partial charge on any atom is 0.231 e. The van der Waals surface area contributed by atoms with Gasteiger partial charge in [0.05, 0.1) is 6.04 Å². The molecule has 1 aliphatic heterocycles. The molecule has 4 nitrogen and oxygen atoms in total. The first kappa shape index (κ1) is 16.4. The van der Waals surface area contributed by atoms with Crippen LogP contribution in [0.4, 0.5) is 0 Å². The minimum absolute atomic E-state index is 0.0140. The van der Waals surface area contributed by atoms with E-state index in [0.717, 1.165) is 29.0 Å². The predicted molar refractivity (Wildman–Crippen MR) is 93.3 cm³/mol. The van der Waals surface area contributed by atoms with Gasteiger partial charge in [0.15, 0.2) is 11.5 Å². The SMILES string of the molecule is CCc1ccc(C(C)NC(=O)CCc2ccc3c(c2)OCO3)cc1. The van der Waals surface area contributed by atoms with Gasteiger partial charge in [-0.3, -0.25) is 4.79 Å². The molecule has 0 aliphatic carbocycles. The molecule has 1 unspecified atom stereocenters. The summed E-state index contributed by atoms with van der Waals surface area (Å²) < 4.78 is 10.7. The molecule has 1 amide bonds. The van der Waals surface area contributed by atoms with Crippen LogP contribution in [0.15, 0.2) is 42.5 Å². The van der Waals surface area contributed by atoms with E-state index in [-0.39, 0.29) is 18.7 Å². The minimum Gasteiger partial charge on any atom is -0.454 e. The third-order valence-electron chi connectivity index (χ3n) is 4.34. The van der Waals surface area contributed by atoms with Gasteiger partial charge in [-0.25, -0.2) is 0 Å². The standard InChI is InChI=1S/C20H23NO3/c1-3-15-4-8-17(9-5-15)14(2)21-20(22)11-7-16-6-10-18-19(12-16)24-13-23-18/h4-6,8-10,12,14H,3,7,11,13H2,1-2H3,(H,21,22). The van der Waals surface area contributed by atoms with Crippen molar-refractivity contribution in [3.8, 4) is 11.5 Å². The Morgan fingerprint density at radius 3 is 2.54 bits per heavy atom. The van der Waals surface area contributed by atoms with Gasteiger partial charge in [-0.15, -0.1) is 0 Å². The molecule has 0 radical (unpaired) electrons. The van der Waals surface area contributed by atoms with E-state index in [1.165, 1.54) is 5.56 Å². The normalized spacial score (nSPS) is 13.6. The third-order valence-corrected chi connectivity index (χ3v) is 4.34. The highest BCUT2D eigenvalue weighted by molar-refractivity contribution is 5.76. The first-order valence-corrected chi connectivity index (χ1v) is 8.42. The largest absolute Gasteiger partial charge is 0.454 e. The van der Waals surface area contributed by atoms with Crippen LogP contribution in [0, 0.1) is 0 Å². The zero-order valence-electron chi connectivity index (χ0n) is 14.2. The monoisotopic (exact) mass is 325 g/mol. The molecule has 2 aromatic rings. The van der Waals surface area contributed by atoms with Crippen molar-refractivity contribution in [1.29, 1.82) is 0 Å². The molecule has 1 N–H and O–H groups in total. The number of fused-ring (bicyclic) bond motifs is 1. The molecule has 0 saturated carbocycles. The molecule has 0 bridgehead atoms. The summed E-state index contributed by atoms with van der Waals surface area (Å²) in [6.07, 6.45) is 2.16. The number of carbonyl (C=O) groups is 1. The zero-order valence-corrected chi connectivity index (χ0v) is 14.2. The van der Waals surface area contributed by atoms with Gasteiger partial charge >= 0.3 is 0 Å². The summed E-state index contributed by atoms with van der Waals surface area (Å²) in [5.74, 6) is 1.59. The number of nitrogens with one attached hydrogen (secondary N) is 1. The van der Waals surface area contributed by atoms with Gasteiger partial charge in [0.25, 0.3) is 0 Å². The highest BCUT2D eigenvalue weighted by Gasteiger charge is 2.14. The Hall–Kier alpha value is -2.49. The molecule has 0 aromatic heterocycles. The Bertz CT molecular complexity index is 709. The van der Waals surface area contributed by atoms with Crippen molar-refractivity contribution in [3.05, 3.63) is 59.2 Å². The molecule has 0 spiro atoms. The number of aryl methyl sites for hydroxylation is 2. The first-order valence-electron chi connectivity index (χ1n) is 8.42. The first-order chi connectivity index (χ1) is 11.7. The van der Waals surface area contributed by atoms with E-state index in [1.807, 2.05) is 25.1 Å². The minimum atomic E-state index is 0.0140. The van der Waals surface area contributed by atoms with Crippen LogP contribution < -0.4 is 14.8 Å². The van der Waals surface area contributed by atoms with Gasteiger partial charge in [0.2, 0.25) is 12.7 Å². The number of hydrogen-bond donors (Lipinski definition) is 1. The number of ether oxygens (including phenoxy) is 2. The summed E-state index contributed by atoms with van der Waals surface area (Å²) in [5, 5.41) is 3.06. The van der Waals surface area contributed by atoms with E-state index < -0.39 is 0 Å². The van der Waals surface area contributed by atoms with E-state index in [9.17, 15) is 4.79 Å². The number of amides is 1. The lowest BCUT2D eigenvalue weighted by Gasteiger charge is -2.15.